The molecule has 3 amide bonds. The van der Waals surface area contributed by atoms with Crippen LogP contribution in [0.15, 0.2) is 48.5 Å². The topological polar surface area (TPSA) is 79.9 Å². The Morgan fingerprint density at radius 1 is 1.03 bits per heavy atom. The maximum Gasteiger partial charge on any atom is 0.319 e. The smallest absolute Gasteiger partial charge is 0.319 e. The van der Waals surface area contributed by atoms with E-state index < -0.39 is 0 Å². The highest BCUT2D eigenvalue weighted by molar-refractivity contribution is 5.90. The van der Waals surface area contributed by atoms with Crippen LogP contribution in [-0.2, 0) is 9.53 Å². The van der Waals surface area contributed by atoms with Gasteiger partial charge in [0.2, 0.25) is 5.91 Å². The molecule has 1 heterocycles. The first-order chi connectivity index (χ1) is 15.5. The summed E-state index contributed by atoms with van der Waals surface area (Å²) in [4.78, 5) is 28.0. The van der Waals surface area contributed by atoms with Crippen molar-refractivity contribution in [2.24, 2.45) is 5.92 Å². The first kappa shape index (κ1) is 22.1. The second-order valence-corrected chi connectivity index (χ2v) is 8.51. The minimum atomic E-state index is -0.239. The number of carbonyl (C=O) groups is 2. The predicted octanol–water partition coefficient (Wildman–Crippen LogP) is 3.55. The summed E-state index contributed by atoms with van der Waals surface area (Å²) in [5.41, 5.74) is 2.89. The molecule has 0 aromatic heterocycles. The number of methoxy groups -OCH3 is 1. The molecule has 0 spiro atoms. The summed E-state index contributed by atoms with van der Waals surface area (Å²) in [7, 11) is 1.64. The third-order valence-electron chi connectivity index (χ3n) is 6.48. The standard InChI is InChI=1S/C25H31N3O4/c1-17-5-3-4-6-23(17)27-25(30)26-19-15-21(18-7-9-20(31-2)10-8-18)22(16-19)24(29)28-11-13-32-14-12-28/h3-10,19,21-22H,11-16H2,1-2H3,(H2,26,27,30)/t19-,21+,22-/m0/s1. The lowest BCUT2D eigenvalue weighted by atomic mass is 9.88. The fourth-order valence-electron chi connectivity index (χ4n) is 4.72. The van der Waals surface area contributed by atoms with Gasteiger partial charge in [-0.25, -0.2) is 4.79 Å². The number of carbonyl (C=O) groups excluding carboxylic acids is 2. The Balaban J connectivity index is 1.48. The minimum Gasteiger partial charge on any atom is -0.497 e. The Bertz CT molecular complexity index is 940. The molecule has 1 saturated heterocycles. The van der Waals surface area contributed by atoms with Gasteiger partial charge in [-0.05, 0) is 55.0 Å². The van der Waals surface area contributed by atoms with Gasteiger partial charge >= 0.3 is 6.03 Å². The lowest BCUT2D eigenvalue weighted by Gasteiger charge is -2.31. The van der Waals surface area contributed by atoms with Crippen molar-refractivity contribution in [1.82, 2.24) is 10.2 Å². The van der Waals surface area contributed by atoms with E-state index in [2.05, 4.69) is 10.6 Å². The average Bonchev–Trinajstić information content (AvgIpc) is 3.24. The van der Waals surface area contributed by atoms with Crippen LogP contribution in [0.4, 0.5) is 10.5 Å². The molecule has 0 bridgehead atoms. The number of hydrogen-bond acceptors (Lipinski definition) is 4. The zero-order chi connectivity index (χ0) is 22.5. The van der Waals surface area contributed by atoms with Crippen LogP contribution in [0.5, 0.6) is 5.75 Å². The van der Waals surface area contributed by atoms with E-state index in [1.54, 1.807) is 7.11 Å². The number of amides is 3. The van der Waals surface area contributed by atoms with Crippen LogP contribution in [0, 0.1) is 12.8 Å². The van der Waals surface area contributed by atoms with Crippen LogP contribution >= 0.6 is 0 Å². The molecular formula is C25H31N3O4. The van der Waals surface area contributed by atoms with Crippen molar-refractivity contribution in [2.45, 2.75) is 31.7 Å². The molecular weight excluding hydrogens is 406 g/mol. The number of hydrogen-bond donors (Lipinski definition) is 2. The van der Waals surface area contributed by atoms with E-state index in [1.807, 2.05) is 60.4 Å². The van der Waals surface area contributed by atoms with Crippen LogP contribution in [0.25, 0.3) is 0 Å². The van der Waals surface area contributed by atoms with Gasteiger partial charge in [-0.3, -0.25) is 4.79 Å². The molecule has 0 unspecified atom stereocenters. The average molecular weight is 438 g/mol. The fraction of sp³-hybridized carbons (Fsp3) is 0.440. The molecule has 0 radical (unpaired) electrons. The molecule has 32 heavy (non-hydrogen) atoms. The number of urea groups is 1. The number of para-hydroxylation sites is 1. The molecule has 2 N–H and O–H groups in total. The van der Waals surface area contributed by atoms with Crippen molar-refractivity contribution in [3.63, 3.8) is 0 Å². The van der Waals surface area contributed by atoms with Gasteiger partial charge in [0.25, 0.3) is 0 Å². The maximum atomic E-state index is 13.4. The number of ether oxygens (including phenoxy) is 2. The zero-order valence-corrected chi connectivity index (χ0v) is 18.7. The third-order valence-corrected chi connectivity index (χ3v) is 6.48. The van der Waals surface area contributed by atoms with Crippen LogP contribution in [-0.4, -0.2) is 56.3 Å². The normalized spacial score (nSPS) is 22.9. The van der Waals surface area contributed by atoms with E-state index in [9.17, 15) is 9.59 Å². The SMILES string of the molecule is COc1ccc([C@H]2C[C@H](NC(=O)Nc3ccccc3C)C[C@@H]2C(=O)N2CCOCC2)cc1. The highest BCUT2D eigenvalue weighted by Gasteiger charge is 2.42. The summed E-state index contributed by atoms with van der Waals surface area (Å²) < 4.78 is 10.7. The molecule has 1 aliphatic heterocycles. The van der Waals surface area contributed by atoms with Crippen molar-refractivity contribution >= 4 is 17.6 Å². The van der Waals surface area contributed by atoms with E-state index in [-0.39, 0.29) is 29.8 Å². The van der Waals surface area contributed by atoms with Gasteiger partial charge in [0.1, 0.15) is 5.75 Å². The van der Waals surface area contributed by atoms with Gasteiger partial charge in [-0.15, -0.1) is 0 Å². The molecule has 2 aliphatic rings. The van der Waals surface area contributed by atoms with E-state index in [0.29, 0.717) is 39.1 Å². The fourth-order valence-corrected chi connectivity index (χ4v) is 4.72. The van der Waals surface area contributed by atoms with E-state index in [4.69, 9.17) is 9.47 Å². The van der Waals surface area contributed by atoms with Crippen molar-refractivity contribution in [1.29, 1.82) is 0 Å². The van der Waals surface area contributed by atoms with Crippen molar-refractivity contribution in [2.75, 3.05) is 38.7 Å². The number of nitrogens with zero attached hydrogens (tertiary/aromatic N) is 1. The van der Waals surface area contributed by atoms with E-state index in [1.165, 1.54) is 0 Å². The quantitative estimate of drug-likeness (QED) is 0.750. The first-order valence-corrected chi connectivity index (χ1v) is 11.2. The molecule has 4 rings (SSSR count). The molecule has 1 saturated carbocycles. The third kappa shape index (κ3) is 5.05. The van der Waals surface area contributed by atoms with Crippen molar-refractivity contribution < 1.29 is 19.1 Å². The maximum absolute atomic E-state index is 13.4. The van der Waals surface area contributed by atoms with Crippen molar-refractivity contribution in [3.8, 4) is 5.75 Å². The largest absolute Gasteiger partial charge is 0.497 e. The molecule has 1 aliphatic carbocycles. The van der Waals surface area contributed by atoms with Gasteiger partial charge in [0, 0.05) is 30.7 Å². The number of anilines is 1. The first-order valence-electron chi connectivity index (χ1n) is 11.2. The van der Waals surface area contributed by atoms with E-state index >= 15 is 0 Å². The Labute approximate surface area is 189 Å². The number of aryl methyl sites for hydroxylation is 1. The molecule has 7 nitrogen and oxygen atoms in total. The molecule has 2 aromatic carbocycles. The predicted molar refractivity (Wildman–Crippen MR) is 123 cm³/mol. The number of rotatable bonds is 5. The monoisotopic (exact) mass is 437 g/mol. The van der Waals surface area contributed by atoms with Gasteiger partial charge in [0.05, 0.1) is 20.3 Å². The molecule has 7 heteroatoms. The van der Waals surface area contributed by atoms with Gasteiger partial charge in [0.15, 0.2) is 0 Å². The highest BCUT2D eigenvalue weighted by Crippen LogP contribution is 2.41. The Kier molecular flexibility index (Phi) is 6.95. The van der Waals surface area contributed by atoms with Crippen LogP contribution < -0.4 is 15.4 Å². The van der Waals surface area contributed by atoms with Crippen LogP contribution in [0.3, 0.4) is 0 Å². The highest BCUT2D eigenvalue weighted by atomic mass is 16.5. The summed E-state index contributed by atoms with van der Waals surface area (Å²) >= 11 is 0. The molecule has 3 atom stereocenters. The summed E-state index contributed by atoms with van der Waals surface area (Å²) in [5.74, 6) is 0.804. The Morgan fingerprint density at radius 3 is 2.44 bits per heavy atom. The second-order valence-electron chi connectivity index (χ2n) is 8.51. The minimum absolute atomic E-state index is 0.0417. The second kappa shape index (κ2) is 10.0. The summed E-state index contributed by atoms with van der Waals surface area (Å²) in [6.45, 7) is 4.35. The number of morpholine rings is 1. The molecule has 2 fully saturated rings. The van der Waals surface area contributed by atoms with Crippen LogP contribution in [0.1, 0.15) is 29.9 Å². The lowest BCUT2D eigenvalue weighted by Crippen LogP contribution is -2.44. The number of nitrogens with one attached hydrogen (secondary N) is 2. The Hall–Kier alpha value is -3.06. The summed E-state index contributed by atoms with van der Waals surface area (Å²) in [6, 6.07) is 15.3. The van der Waals surface area contributed by atoms with Crippen LogP contribution in [0.2, 0.25) is 0 Å². The molecule has 170 valence electrons. The Morgan fingerprint density at radius 2 is 1.75 bits per heavy atom. The van der Waals surface area contributed by atoms with Crippen molar-refractivity contribution in [3.05, 3.63) is 59.7 Å². The summed E-state index contributed by atoms with van der Waals surface area (Å²) in [5, 5.41) is 6.03. The van der Waals surface area contributed by atoms with E-state index in [0.717, 1.165) is 22.6 Å². The molecule has 2 aromatic rings. The zero-order valence-electron chi connectivity index (χ0n) is 18.7. The lowest BCUT2D eigenvalue weighted by molar-refractivity contribution is -0.140. The summed E-state index contributed by atoms with van der Waals surface area (Å²) in [6.07, 6.45) is 1.34. The van der Waals surface area contributed by atoms with Gasteiger partial charge < -0.3 is 25.0 Å². The van der Waals surface area contributed by atoms with Gasteiger partial charge in [-0.1, -0.05) is 30.3 Å². The van der Waals surface area contributed by atoms with Gasteiger partial charge in [-0.2, -0.15) is 0 Å². The number of benzene rings is 2.